The SMILES string of the molecule is CC(C)(C)C1CCC2(CC1)CC(=O)c1cc(Br)ccc1O2. The van der Waals surface area contributed by atoms with Crippen molar-refractivity contribution in [3.8, 4) is 5.75 Å². The molecule has 21 heavy (non-hydrogen) atoms. The minimum atomic E-state index is -0.250. The average molecular weight is 351 g/mol. The summed E-state index contributed by atoms with van der Waals surface area (Å²) in [6.45, 7) is 6.94. The van der Waals surface area contributed by atoms with Crippen molar-refractivity contribution in [3.63, 3.8) is 0 Å². The zero-order chi connectivity index (χ0) is 15.3. The van der Waals surface area contributed by atoms with E-state index in [1.165, 1.54) is 0 Å². The average Bonchev–Trinajstić information content (AvgIpc) is 2.39. The Hall–Kier alpha value is -0.830. The molecule has 1 fully saturated rings. The molecule has 0 bridgehead atoms. The lowest BCUT2D eigenvalue weighted by Gasteiger charge is -2.45. The number of rotatable bonds is 0. The number of hydrogen-bond donors (Lipinski definition) is 0. The number of carbonyl (C=O) groups is 1. The van der Waals surface area contributed by atoms with E-state index < -0.39 is 0 Å². The second-order valence-electron chi connectivity index (χ2n) is 7.67. The number of ketones is 1. The molecule has 1 aliphatic heterocycles. The molecule has 0 radical (unpaired) electrons. The van der Waals surface area contributed by atoms with Gasteiger partial charge in [-0.2, -0.15) is 0 Å². The lowest BCUT2D eigenvalue weighted by atomic mass is 9.66. The topological polar surface area (TPSA) is 26.3 Å². The van der Waals surface area contributed by atoms with Crippen molar-refractivity contribution in [1.82, 2.24) is 0 Å². The summed E-state index contributed by atoms with van der Waals surface area (Å²) < 4.78 is 7.24. The Bertz CT molecular complexity index is 563. The maximum atomic E-state index is 12.5. The first-order valence-electron chi connectivity index (χ1n) is 7.81. The lowest BCUT2D eigenvalue weighted by molar-refractivity contribution is -0.0128. The Labute approximate surface area is 135 Å². The molecule has 0 amide bonds. The summed E-state index contributed by atoms with van der Waals surface area (Å²) in [5, 5.41) is 0. The number of carbonyl (C=O) groups excluding carboxylic acids is 1. The van der Waals surface area contributed by atoms with Crippen molar-refractivity contribution in [3.05, 3.63) is 28.2 Å². The van der Waals surface area contributed by atoms with Crippen LogP contribution in [0.2, 0.25) is 0 Å². The van der Waals surface area contributed by atoms with Crippen LogP contribution in [0.5, 0.6) is 5.75 Å². The van der Waals surface area contributed by atoms with Crippen LogP contribution in [0.1, 0.15) is 63.2 Å². The van der Waals surface area contributed by atoms with Crippen molar-refractivity contribution in [2.75, 3.05) is 0 Å². The zero-order valence-electron chi connectivity index (χ0n) is 13.0. The molecule has 1 saturated carbocycles. The van der Waals surface area contributed by atoms with Crippen molar-refractivity contribution >= 4 is 21.7 Å². The monoisotopic (exact) mass is 350 g/mol. The van der Waals surface area contributed by atoms with E-state index in [1.54, 1.807) is 0 Å². The fraction of sp³-hybridized carbons (Fsp3) is 0.611. The second kappa shape index (κ2) is 5.12. The predicted octanol–water partition coefficient (Wildman–Crippen LogP) is 5.39. The maximum Gasteiger partial charge on any atom is 0.170 e. The molecule has 1 aliphatic carbocycles. The summed E-state index contributed by atoms with van der Waals surface area (Å²) in [6, 6.07) is 5.76. The van der Waals surface area contributed by atoms with E-state index in [0.717, 1.165) is 47.4 Å². The molecule has 0 unspecified atom stereocenters. The van der Waals surface area contributed by atoms with Gasteiger partial charge in [0, 0.05) is 4.47 Å². The molecule has 0 aromatic heterocycles. The van der Waals surface area contributed by atoms with E-state index in [2.05, 4.69) is 36.7 Å². The highest BCUT2D eigenvalue weighted by atomic mass is 79.9. The van der Waals surface area contributed by atoms with Gasteiger partial charge in [-0.25, -0.2) is 0 Å². The van der Waals surface area contributed by atoms with Gasteiger partial charge in [0.1, 0.15) is 11.4 Å². The van der Waals surface area contributed by atoms with Crippen molar-refractivity contribution in [2.45, 2.75) is 58.5 Å². The first kappa shape index (κ1) is 15.1. The maximum absolute atomic E-state index is 12.5. The Morgan fingerprint density at radius 1 is 1.24 bits per heavy atom. The number of Topliss-reactive ketones (excluding diaryl/α,β-unsaturated/α-hetero) is 1. The summed E-state index contributed by atoms with van der Waals surface area (Å²) in [7, 11) is 0. The van der Waals surface area contributed by atoms with Crippen molar-refractivity contribution in [1.29, 1.82) is 0 Å². The molecule has 0 saturated heterocycles. The van der Waals surface area contributed by atoms with E-state index >= 15 is 0 Å². The van der Waals surface area contributed by atoms with Gasteiger partial charge >= 0.3 is 0 Å². The number of ether oxygens (including phenoxy) is 1. The van der Waals surface area contributed by atoms with Gasteiger partial charge in [-0.05, 0) is 55.2 Å². The zero-order valence-corrected chi connectivity index (χ0v) is 14.6. The van der Waals surface area contributed by atoms with Crippen LogP contribution in [-0.4, -0.2) is 11.4 Å². The van der Waals surface area contributed by atoms with E-state index in [0.29, 0.717) is 11.8 Å². The van der Waals surface area contributed by atoms with Crippen LogP contribution in [-0.2, 0) is 0 Å². The van der Waals surface area contributed by atoms with E-state index in [-0.39, 0.29) is 11.4 Å². The molecular formula is C18H23BrO2. The minimum absolute atomic E-state index is 0.228. The van der Waals surface area contributed by atoms with Crippen molar-refractivity contribution < 1.29 is 9.53 Å². The highest BCUT2D eigenvalue weighted by molar-refractivity contribution is 9.10. The van der Waals surface area contributed by atoms with Gasteiger partial charge in [-0.15, -0.1) is 0 Å². The van der Waals surface area contributed by atoms with E-state index in [1.807, 2.05) is 18.2 Å². The third-order valence-corrected chi connectivity index (χ3v) is 5.67. The summed E-state index contributed by atoms with van der Waals surface area (Å²) in [6.07, 6.45) is 4.84. The predicted molar refractivity (Wildman–Crippen MR) is 87.9 cm³/mol. The third-order valence-electron chi connectivity index (χ3n) is 5.17. The van der Waals surface area contributed by atoms with Crippen molar-refractivity contribution in [2.24, 2.45) is 11.3 Å². The molecular weight excluding hydrogens is 328 g/mol. The van der Waals surface area contributed by atoms with Crippen LogP contribution in [0.3, 0.4) is 0 Å². The molecule has 114 valence electrons. The Balaban J connectivity index is 1.80. The summed E-state index contributed by atoms with van der Waals surface area (Å²) >= 11 is 3.43. The summed E-state index contributed by atoms with van der Waals surface area (Å²) in [5.74, 6) is 1.73. The largest absolute Gasteiger partial charge is 0.486 e. The van der Waals surface area contributed by atoms with Crippen LogP contribution in [0, 0.1) is 11.3 Å². The van der Waals surface area contributed by atoms with Gasteiger partial charge in [0.05, 0.1) is 12.0 Å². The lowest BCUT2D eigenvalue weighted by Crippen LogP contribution is -2.46. The smallest absolute Gasteiger partial charge is 0.170 e. The standard InChI is InChI=1S/C18H23BrO2/c1-17(2,3)12-6-8-18(9-7-12)11-15(20)14-10-13(19)4-5-16(14)21-18/h4-5,10,12H,6-9,11H2,1-3H3. The molecule has 0 N–H and O–H groups in total. The van der Waals surface area contributed by atoms with E-state index in [9.17, 15) is 4.79 Å². The molecule has 2 aliphatic rings. The van der Waals surface area contributed by atoms with Gasteiger partial charge in [-0.3, -0.25) is 4.79 Å². The van der Waals surface area contributed by atoms with Gasteiger partial charge in [0.2, 0.25) is 0 Å². The normalized spacial score (nSPS) is 29.1. The number of hydrogen-bond acceptors (Lipinski definition) is 2. The van der Waals surface area contributed by atoms with Gasteiger partial charge < -0.3 is 4.74 Å². The second-order valence-corrected chi connectivity index (χ2v) is 8.58. The molecule has 1 spiro atoms. The first-order chi connectivity index (χ1) is 9.79. The fourth-order valence-electron chi connectivity index (χ4n) is 3.76. The molecule has 1 aromatic carbocycles. The van der Waals surface area contributed by atoms with Crippen LogP contribution in [0.4, 0.5) is 0 Å². The molecule has 3 heteroatoms. The molecule has 0 atom stereocenters. The van der Waals surface area contributed by atoms with Crippen LogP contribution in [0.25, 0.3) is 0 Å². The summed E-state index contributed by atoms with van der Waals surface area (Å²) in [5.41, 5.74) is 0.829. The molecule has 2 nitrogen and oxygen atoms in total. The summed E-state index contributed by atoms with van der Waals surface area (Å²) in [4.78, 5) is 12.5. The number of fused-ring (bicyclic) bond motifs is 1. The molecule has 3 rings (SSSR count). The van der Waals surface area contributed by atoms with Gasteiger partial charge in [-0.1, -0.05) is 36.7 Å². The molecule has 1 heterocycles. The van der Waals surface area contributed by atoms with Crippen LogP contribution in [0.15, 0.2) is 22.7 Å². The highest BCUT2D eigenvalue weighted by Crippen LogP contribution is 2.47. The highest BCUT2D eigenvalue weighted by Gasteiger charge is 2.44. The van der Waals surface area contributed by atoms with Gasteiger partial charge in [0.15, 0.2) is 5.78 Å². The fourth-order valence-corrected chi connectivity index (χ4v) is 4.12. The first-order valence-corrected chi connectivity index (χ1v) is 8.60. The van der Waals surface area contributed by atoms with Gasteiger partial charge in [0.25, 0.3) is 0 Å². The van der Waals surface area contributed by atoms with E-state index in [4.69, 9.17) is 4.74 Å². The van der Waals surface area contributed by atoms with Crippen LogP contribution < -0.4 is 4.74 Å². The molecule has 1 aromatic rings. The third kappa shape index (κ3) is 2.90. The Morgan fingerprint density at radius 2 is 1.90 bits per heavy atom. The Kier molecular flexibility index (Phi) is 3.67. The number of halogens is 1. The minimum Gasteiger partial charge on any atom is -0.486 e. The Morgan fingerprint density at radius 3 is 2.52 bits per heavy atom. The quantitative estimate of drug-likeness (QED) is 0.626. The number of benzene rings is 1. The van der Waals surface area contributed by atoms with Crippen LogP contribution >= 0.6 is 15.9 Å².